The van der Waals surface area contributed by atoms with Crippen molar-refractivity contribution in [2.45, 2.75) is 6.92 Å². The molecule has 0 spiro atoms. The van der Waals surface area contributed by atoms with Gasteiger partial charge in [0.25, 0.3) is 0 Å². The molecule has 0 aliphatic rings. The van der Waals surface area contributed by atoms with Gasteiger partial charge in [0.05, 0.1) is 0 Å². The molecule has 0 atom stereocenters. The summed E-state index contributed by atoms with van der Waals surface area (Å²) < 4.78 is 6.61. The lowest BCUT2D eigenvalue weighted by Gasteiger charge is -2.24. The summed E-state index contributed by atoms with van der Waals surface area (Å²) in [6.45, 7) is 2.25. The average molecular weight is 388 g/mol. The van der Waals surface area contributed by atoms with Gasteiger partial charge in [-0.05, 0) is 23.6 Å². The highest BCUT2D eigenvalue weighted by Gasteiger charge is 2.24. The van der Waals surface area contributed by atoms with Gasteiger partial charge in [0.2, 0.25) is 0 Å². The van der Waals surface area contributed by atoms with Crippen LogP contribution in [0.4, 0.5) is 0 Å². The quantitative estimate of drug-likeness (QED) is 0.295. The maximum Gasteiger partial charge on any atom is 0.143 e. The zero-order valence-corrected chi connectivity index (χ0v) is 21.4. The average Bonchev–Trinajstić information content (AvgIpc) is 3.15. The van der Waals surface area contributed by atoms with Gasteiger partial charge in [-0.1, -0.05) is 43.7 Å². The topological polar surface area (TPSA) is 13.1 Å². The molecule has 0 aliphatic heterocycles. The molecule has 140 valence electrons. The van der Waals surface area contributed by atoms with Crippen molar-refractivity contribution in [3.8, 4) is 11.1 Å². The van der Waals surface area contributed by atoms with Crippen LogP contribution in [0.1, 0.15) is 5.56 Å². The summed E-state index contributed by atoms with van der Waals surface area (Å²) in [5, 5.41) is 2.60. The molecule has 0 bridgehead atoms. The highest BCUT2D eigenvalue weighted by Crippen LogP contribution is 2.28. The molecule has 4 aromatic rings. The molecule has 1 heterocycles. The van der Waals surface area contributed by atoms with Crippen molar-refractivity contribution in [3.05, 3.63) is 5.56 Å². The summed E-state index contributed by atoms with van der Waals surface area (Å²) in [5.74, 6) is 0. The third-order valence-electron chi connectivity index (χ3n) is 8.59. The molecule has 0 aliphatic carbocycles. The van der Waals surface area contributed by atoms with Crippen molar-refractivity contribution in [1.29, 1.82) is 0 Å². The molecule has 0 radical (unpaired) electrons. The van der Waals surface area contributed by atoms with Crippen molar-refractivity contribution in [3.63, 3.8) is 0 Å². The van der Waals surface area contributed by atoms with E-state index in [0.717, 1.165) is 11.2 Å². The smallest absolute Gasteiger partial charge is 0.143 e. The fraction of sp³-hybridized carbons (Fsp3) is 0.0526. The van der Waals surface area contributed by atoms with Crippen LogP contribution in [0.5, 0.6) is 0 Å². The van der Waals surface area contributed by atoms with E-state index < -0.39 is 0 Å². The second-order valence-electron chi connectivity index (χ2n) is 9.76. The number of hydrogen-bond donors (Lipinski definition) is 0. The molecule has 0 amide bonds. The fourth-order valence-corrected chi connectivity index (χ4v) is 5.61. The van der Waals surface area contributed by atoms with E-state index in [1.165, 1.54) is 87.6 Å². The molecular weight excluding hydrogens is 363 g/mol. The number of benzene rings is 3. The Morgan fingerprint density at radius 2 is 0.742 bits per heavy atom. The van der Waals surface area contributed by atoms with Gasteiger partial charge in [-0.3, -0.25) is 0 Å². The van der Waals surface area contributed by atoms with Gasteiger partial charge < -0.3 is 4.42 Å². The number of rotatable bonds is 1. The van der Waals surface area contributed by atoms with Gasteiger partial charge in [-0.2, -0.15) is 0 Å². The molecule has 4 rings (SSSR count). The maximum atomic E-state index is 6.61. The van der Waals surface area contributed by atoms with E-state index in [0.29, 0.717) is 0 Å². The molecular formula is C19H25B11O. The first kappa shape index (κ1) is 22.4. The van der Waals surface area contributed by atoms with Gasteiger partial charge in [-0.25, -0.2) is 0 Å². The fourth-order valence-electron chi connectivity index (χ4n) is 5.61. The summed E-state index contributed by atoms with van der Waals surface area (Å²) in [6.07, 6.45) is 0. The maximum absolute atomic E-state index is 6.61. The molecule has 12 heteroatoms. The van der Waals surface area contributed by atoms with Crippen LogP contribution in [0.2, 0.25) is 0 Å². The second kappa shape index (κ2) is 7.36. The van der Waals surface area contributed by atoms with Crippen molar-refractivity contribution in [2.24, 2.45) is 0 Å². The van der Waals surface area contributed by atoms with Crippen LogP contribution in [0.15, 0.2) is 4.42 Å². The Labute approximate surface area is 196 Å². The van der Waals surface area contributed by atoms with Gasteiger partial charge in [0.1, 0.15) is 97.5 Å². The third kappa shape index (κ3) is 2.86. The van der Waals surface area contributed by atoms with E-state index in [9.17, 15) is 0 Å². The molecule has 0 N–H and O–H groups in total. The van der Waals surface area contributed by atoms with Crippen LogP contribution < -0.4 is 60.1 Å². The summed E-state index contributed by atoms with van der Waals surface area (Å²) in [5.41, 5.74) is 21.2. The van der Waals surface area contributed by atoms with Crippen LogP contribution in [0.25, 0.3) is 33.1 Å². The van der Waals surface area contributed by atoms with Crippen LogP contribution >= 0.6 is 0 Å². The Bertz CT molecular complexity index is 1420. The summed E-state index contributed by atoms with van der Waals surface area (Å²) >= 11 is 0. The third-order valence-corrected chi connectivity index (χ3v) is 8.59. The van der Waals surface area contributed by atoms with Gasteiger partial charge in [0.15, 0.2) is 0 Å². The van der Waals surface area contributed by atoms with Gasteiger partial charge in [-0.15, -0.1) is 16.4 Å². The van der Waals surface area contributed by atoms with E-state index in [1.807, 2.05) is 0 Å². The molecule has 3 aromatic carbocycles. The lowest BCUT2D eigenvalue weighted by Crippen LogP contribution is -2.56. The second-order valence-corrected chi connectivity index (χ2v) is 9.76. The lowest BCUT2D eigenvalue weighted by atomic mass is 9.57. The summed E-state index contributed by atoms with van der Waals surface area (Å²) in [4.78, 5) is 0. The Morgan fingerprint density at radius 3 is 1.29 bits per heavy atom. The largest absolute Gasteiger partial charge is 0.457 e. The zero-order chi connectivity index (χ0) is 23.1. The van der Waals surface area contributed by atoms with E-state index in [-0.39, 0.29) is 0 Å². The predicted molar refractivity (Wildman–Crippen MR) is 174 cm³/mol. The van der Waals surface area contributed by atoms with Crippen molar-refractivity contribution in [2.75, 3.05) is 0 Å². The molecule has 1 aromatic heterocycles. The Kier molecular flexibility index (Phi) is 5.31. The Morgan fingerprint density at radius 1 is 0.387 bits per heavy atom. The van der Waals surface area contributed by atoms with Crippen molar-refractivity contribution < 1.29 is 4.42 Å². The number of aryl methyl sites for hydroxylation is 1. The molecule has 0 unspecified atom stereocenters. The molecule has 1 nitrogen and oxygen atoms in total. The minimum absolute atomic E-state index is 1.06. The summed E-state index contributed by atoms with van der Waals surface area (Å²) in [6, 6.07) is 0. The number of fused-ring (bicyclic) bond motifs is 3. The van der Waals surface area contributed by atoms with E-state index in [4.69, 9.17) is 4.42 Å². The molecule has 0 saturated carbocycles. The highest BCUT2D eigenvalue weighted by molar-refractivity contribution is 6.70. The summed E-state index contributed by atoms with van der Waals surface area (Å²) in [7, 11) is 24.8. The monoisotopic (exact) mass is 390 g/mol. The number of hydrogen-bond acceptors (Lipinski definition) is 1. The zero-order valence-electron chi connectivity index (χ0n) is 21.4. The number of furan rings is 1. The standard InChI is InChI=1S/C19H25B11O/c1-2-3-6-8(21)4(5-9(22)13(26)15(28)14(27)10(5)23)11(24)16(29)19(6)31-18(3)17(30)12(25)7(2)20/h20-30H2,1H3. The van der Waals surface area contributed by atoms with Crippen LogP contribution in [-0.2, 0) is 0 Å². The van der Waals surface area contributed by atoms with Gasteiger partial charge >= 0.3 is 0 Å². The van der Waals surface area contributed by atoms with Crippen LogP contribution in [0, 0.1) is 6.92 Å². The van der Waals surface area contributed by atoms with Crippen molar-refractivity contribution >= 4 is 168 Å². The highest BCUT2D eigenvalue weighted by atomic mass is 16.3. The first-order chi connectivity index (χ1) is 14.4. The SMILES string of the molecule is Bc1c(B)c(B)c(-c2c(B)c(B)c3oc4c(B)c(B)c(B)c(C)c4c3c2B)c(B)c1B. The van der Waals surface area contributed by atoms with E-state index in [1.54, 1.807) is 0 Å². The molecule has 0 saturated heterocycles. The predicted octanol–water partition coefficient (Wildman–Crippen LogP) is -13.6. The minimum atomic E-state index is 1.06. The Balaban J connectivity index is 2.30. The van der Waals surface area contributed by atoms with Crippen molar-refractivity contribution in [1.82, 2.24) is 0 Å². The van der Waals surface area contributed by atoms with Crippen LogP contribution in [-0.4, -0.2) is 86.3 Å². The molecule has 0 fully saturated rings. The first-order valence-corrected chi connectivity index (χ1v) is 11.4. The van der Waals surface area contributed by atoms with Gasteiger partial charge in [0, 0.05) is 10.8 Å². The van der Waals surface area contributed by atoms with Crippen LogP contribution in [0.3, 0.4) is 0 Å². The van der Waals surface area contributed by atoms with E-state index in [2.05, 4.69) is 93.2 Å². The molecule has 31 heavy (non-hydrogen) atoms. The first-order valence-electron chi connectivity index (χ1n) is 11.4. The Hall–Kier alpha value is -1.83. The van der Waals surface area contributed by atoms with E-state index >= 15 is 0 Å². The lowest BCUT2D eigenvalue weighted by molar-refractivity contribution is 0.674. The normalized spacial score (nSPS) is 11.5. The minimum Gasteiger partial charge on any atom is -0.457 e.